The van der Waals surface area contributed by atoms with E-state index in [0.717, 1.165) is 24.3 Å². The van der Waals surface area contributed by atoms with Gasteiger partial charge >= 0.3 is 5.97 Å². The Morgan fingerprint density at radius 3 is 2.17 bits per heavy atom. The number of amides is 1. The lowest BCUT2D eigenvalue weighted by atomic mass is 10.0. The highest BCUT2D eigenvalue weighted by molar-refractivity contribution is 7.91. The Balaban J connectivity index is 2.78. The first kappa shape index (κ1) is 20.1. The summed E-state index contributed by atoms with van der Waals surface area (Å²) in [7, 11) is -3.78. The maximum absolute atomic E-state index is 12.9. The van der Waals surface area contributed by atoms with E-state index in [9.17, 15) is 22.4 Å². The molecular weight excluding hydrogens is 337 g/mol. The first-order valence-electron chi connectivity index (χ1n) is 7.54. The molecule has 0 aliphatic rings. The zero-order valence-electron chi connectivity index (χ0n) is 13.8. The molecule has 2 atom stereocenters. The Labute approximate surface area is 141 Å². The Kier molecular flexibility index (Phi) is 6.89. The molecule has 1 unspecified atom stereocenters. The van der Waals surface area contributed by atoms with Crippen LogP contribution in [-0.2, 0) is 19.4 Å². The first-order chi connectivity index (χ1) is 11.0. The number of sulfone groups is 1. The molecule has 0 radical (unpaired) electrons. The average molecular weight is 359 g/mol. The van der Waals surface area contributed by atoms with Crippen molar-refractivity contribution in [3.8, 4) is 0 Å². The summed E-state index contributed by atoms with van der Waals surface area (Å²) in [5.74, 6) is -3.73. The number of halogens is 1. The van der Waals surface area contributed by atoms with E-state index >= 15 is 0 Å². The molecule has 1 aromatic rings. The minimum absolute atomic E-state index is 0.0599. The summed E-state index contributed by atoms with van der Waals surface area (Å²) >= 11 is 0. The highest BCUT2D eigenvalue weighted by atomic mass is 32.2. The Hall–Kier alpha value is -1.96. The summed E-state index contributed by atoms with van der Waals surface area (Å²) in [5, 5.41) is 11.5. The third kappa shape index (κ3) is 5.92. The van der Waals surface area contributed by atoms with Crippen LogP contribution in [0.25, 0.3) is 0 Å². The van der Waals surface area contributed by atoms with E-state index in [1.165, 1.54) is 6.92 Å². The highest BCUT2D eigenvalue weighted by Gasteiger charge is 2.27. The molecule has 24 heavy (non-hydrogen) atoms. The number of nitrogens with one attached hydrogen (secondary N) is 1. The van der Waals surface area contributed by atoms with E-state index < -0.39 is 45.2 Å². The van der Waals surface area contributed by atoms with Crippen molar-refractivity contribution in [2.45, 2.75) is 38.1 Å². The fourth-order valence-electron chi connectivity index (χ4n) is 2.15. The number of hydrogen-bond acceptors (Lipinski definition) is 4. The summed E-state index contributed by atoms with van der Waals surface area (Å²) in [4.78, 5) is 23.2. The van der Waals surface area contributed by atoms with Crippen LogP contribution in [0.15, 0.2) is 29.2 Å². The molecule has 0 saturated heterocycles. The van der Waals surface area contributed by atoms with Gasteiger partial charge in [-0.05, 0) is 36.6 Å². The van der Waals surface area contributed by atoms with Gasteiger partial charge in [-0.3, -0.25) is 4.79 Å². The molecule has 134 valence electrons. The van der Waals surface area contributed by atoms with Gasteiger partial charge in [-0.1, -0.05) is 20.8 Å². The molecule has 0 aliphatic heterocycles. The predicted molar refractivity (Wildman–Crippen MR) is 86.6 cm³/mol. The molecule has 0 aliphatic carbocycles. The molecule has 1 amide bonds. The normalized spacial score (nSPS) is 14.2. The topological polar surface area (TPSA) is 101 Å². The molecule has 0 saturated carbocycles. The first-order valence-corrected chi connectivity index (χ1v) is 9.19. The van der Waals surface area contributed by atoms with Gasteiger partial charge in [0, 0.05) is 5.92 Å². The van der Waals surface area contributed by atoms with Crippen molar-refractivity contribution in [3.63, 3.8) is 0 Å². The second-order valence-electron chi connectivity index (χ2n) is 6.17. The van der Waals surface area contributed by atoms with Gasteiger partial charge in [0.25, 0.3) is 0 Å². The standard InChI is InChI=1S/C16H22FNO5S/c1-10(2)8-14(16(20)21)18-15(19)11(3)9-24(22,23)13-6-4-12(17)5-7-13/h4-7,10-11,14H,8-9H2,1-3H3,(H,18,19)(H,20,21)/t11?,14-/m0/s1. The van der Waals surface area contributed by atoms with Crippen LogP contribution in [0.3, 0.4) is 0 Å². The van der Waals surface area contributed by atoms with Crippen molar-refractivity contribution in [2.24, 2.45) is 11.8 Å². The second-order valence-corrected chi connectivity index (χ2v) is 8.20. The SMILES string of the molecule is CC(C)C[C@H](NC(=O)C(C)CS(=O)(=O)c1ccc(F)cc1)C(=O)O. The molecule has 2 N–H and O–H groups in total. The van der Waals surface area contributed by atoms with Gasteiger partial charge in [0.05, 0.1) is 10.6 Å². The number of carboxylic acid groups (broad SMARTS) is 1. The van der Waals surface area contributed by atoms with Crippen molar-refractivity contribution >= 4 is 21.7 Å². The van der Waals surface area contributed by atoms with Gasteiger partial charge in [-0.2, -0.15) is 0 Å². The van der Waals surface area contributed by atoms with Crippen molar-refractivity contribution in [1.29, 1.82) is 0 Å². The van der Waals surface area contributed by atoms with Gasteiger partial charge in [0.2, 0.25) is 5.91 Å². The highest BCUT2D eigenvalue weighted by Crippen LogP contribution is 2.15. The number of carbonyl (C=O) groups is 2. The monoisotopic (exact) mass is 359 g/mol. The van der Waals surface area contributed by atoms with Crippen LogP contribution in [0.1, 0.15) is 27.2 Å². The van der Waals surface area contributed by atoms with Gasteiger partial charge in [-0.25, -0.2) is 17.6 Å². The number of aliphatic carboxylic acids is 1. The number of benzene rings is 1. The molecule has 0 aromatic heterocycles. The van der Waals surface area contributed by atoms with Crippen molar-refractivity contribution < 1.29 is 27.5 Å². The average Bonchev–Trinajstić information content (AvgIpc) is 2.45. The predicted octanol–water partition coefficient (Wildman–Crippen LogP) is 1.85. The molecule has 0 bridgehead atoms. The van der Waals surface area contributed by atoms with Gasteiger partial charge in [0.1, 0.15) is 11.9 Å². The van der Waals surface area contributed by atoms with Crippen molar-refractivity contribution in [3.05, 3.63) is 30.1 Å². The Bertz CT molecular complexity index is 685. The molecule has 6 nitrogen and oxygen atoms in total. The maximum atomic E-state index is 12.9. The lowest BCUT2D eigenvalue weighted by molar-refractivity contribution is -0.142. The third-order valence-corrected chi connectivity index (χ3v) is 5.34. The van der Waals surface area contributed by atoms with Crippen molar-refractivity contribution in [1.82, 2.24) is 5.32 Å². The van der Waals surface area contributed by atoms with E-state index in [4.69, 9.17) is 5.11 Å². The van der Waals surface area contributed by atoms with E-state index in [1.807, 2.05) is 13.8 Å². The summed E-state index contributed by atoms with van der Waals surface area (Å²) in [6.07, 6.45) is 0.249. The quantitative estimate of drug-likeness (QED) is 0.690. The zero-order valence-corrected chi connectivity index (χ0v) is 14.6. The van der Waals surface area contributed by atoms with E-state index in [1.54, 1.807) is 0 Å². The summed E-state index contributed by atoms with van der Waals surface area (Å²) in [6, 6.07) is 3.26. The summed E-state index contributed by atoms with van der Waals surface area (Å²) in [6.45, 7) is 5.06. The van der Waals surface area contributed by atoms with E-state index in [0.29, 0.717) is 0 Å². The molecule has 8 heteroatoms. The second kappa shape index (κ2) is 8.23. The minimum atomic E-state index is -3.78. The van der Waals surface area contributed by atoms with Gasteiger partial charge in [0.15, 0.2) is 9.84 Å². The maximum Gasteiger partial charge on any atom is 0.326 e. The number of carbonyl (C=O) groups excluding carboxylic acids is 1. The number of carboxylic acids is 1. The molecule has 0 spiro atoms. The van der Waals surface area contributed by atoms with Crippen molar-refractivity contribution in [2.75, 3.05) is 5.75 Å². The fraction of sp³-hybridized carbons (Fsp3) is 0.500. The van der Waals surface area contributed by atoms with E-state index in [2.05, 4.69) is 5.32 Å². The number of rotatable bonds is 8. The lowest BCUT2D eigenvalue weighted by Gasteiger charge is -2.19. The van der Waals surface area contributed by atoms with Gasteiger partial charge < -0.3 is 10.4 Å². The zero-order chi connectivity index (χ0) is 18.5. The molecular formula is C16H22FNO5S. The summed E-state index contributed by atoms with van der Waals surface area (Å²) < 4.78 is 37.3. The van der Waals surface area contributed by atoms with Crippen LogP contribution in [0.5, 0.6) is 0 Å². The third-order valence-electron chi connectivity index (χ3n) is 3.41. The fourth-order valence-corrected chi connectivity index (χ4v) is 3.70. The van der Waals surface area contributed by atoms with Crippen LogP contribution in [0.2, 0.25) is 0 Å². The van der Waals surface area contributed by atoms with Crippen LogP contribution in [0, 0.1) is 17.7 Å². The number of hydrogen-bond donors (Lipinski definition) is 2. The minimum Gasteiger partial charge on any atom is -0.480 e. The molecule has 0 heterocycles. The van der Waals surface area contributed by atoms with Gasteiger partial charge in [-0.15, -0.1) is 0 Å². The van der Waals surface area contributed by atoms with E-state index in [-0.39, 0.29) is 17.2 Å². The largest absolute Gasteiger partial charge is 0.480 e. The lowest BCUT2D eigenvalue weighted by Crippen LogP contribution is -2.45. The molecule has 1 rings (SSSR count). The Morgan fingerprint density at radius 2 is 1.71 bits per heavy atom. The summed E-state index contributed by atoms with van der Waals surface area (Å²) in [5.41, 5.74) is 0. The van der Waals surface area contributed by atoms with Crippen LogP contribution in [0.4, 0.5) is 4.39 Å². The Morgan fingerprint density at radius 1 is 1.17 bits per heavy atom. The molecule has 1 aromatic carbocycles. The van der Waals surface area contributed by atoms with Crippen LogP contribution < -0.4 is 5.32 Å². The van der Waals surface area contributed by atoms with Crippen LogP contribution in [-0.4, -0.2) is 37.2 Å². The smallest absolute Gasteiger partial charge is 0.326 e. The molecule has 0 fully saturated rings. The van der Waals surface area contributed by atoms with Crippen LogP contribution >= 0.6 is 0 Å².